The Labute approximate surface area is 130 Å². The number of methoxy groups -OCH3 is 2. The van der Waals surface area contributed by atoms with Crippen molar-refractivity contribution in [2.24, 2.45) is 0 Å². The first-order valence-electron chi connectivity index (χ1n) is 7.02. The van der Waals surface area contributed by atoms with Crippen LogP contribution in [0.25, 0.3) is 0 Å². The van der Waals surface area contributed by atoms with Gasteiger partial charge in [-0.2, -0.15) is 0 Å². The first-order valence-corrected chi connectivity index (χ1v) is 8.84. The maximum atomic E-state index is 12.4. The number of hydrogen-bond donors (Lipinski definition) is 0. The van der Waals surface area contributed by atoms with Gasteiger partial charge in [0, 0.05) is 11.6 Å². The molecule has 0 aliphatic carbocycles. The van der Waals surface area contributed by atoms with Gasteiger partial charge < -0.3 is 9.47 Å². The number of Topliss-reactive ketones (excluding diaryl/α,β-unsaturated/α-hetero) is 1. The average Bonchev–Trinajstić information content (AvgIpc) is 2.86. The summed E-state index contributed by atoms with van der Waals surface area (Å²) in [6, 6.07) is 4.92. The van der Waals surface area contributed by atoms with E-state index >= 15 is 0 Å². The van der Waals surface area contributed by atoms with E-state index in [2.05, 4.69) is 0 Å². The molecule has 1 heterocycles. The predicted molar refractivity (Wildman–Crippen MR) is 83.6 cm³/mol. The number of rotatable bonds is 6. The predicted octanol–water partition coefficient (Wildman–Crippen LogP) is 1.01. The molecule has 2 rings (SSSR count). The molecule has 1 fully saturated rings. The number of benzene rings is 1. The fourth-order valence-electron chi connectivity index (χ4n) is 2.58. The molecule has 1 aromatic rings. The van der Waals surface area contributed by atoms with E-state index in [0.717, 1.165) is 0 Å². The van der Waals surface area contributed by atoms with Crippen LogP contribution in [0.4, 0.5) is 0 Å². The quantitative estimate of drug-likeness (QED) is 0.726. The van der Waals surface area contributed by atoms with Crippen molar-refractivity contribution in [2.45, 2.75) is 12.5 Å². The van der Waals surface area contributed by atoms with Gasteiger partial charge in [0.05, 0.1) is 32.3 Å². The van der Waals surface area contributed by atoms with Crippen molar-refractivity contribution in [3.8, 4) is 11.5 Å². The number of sulfone groups is 1. The van der Waals surface area contributed by atoms with Crippen LogP contribution in [0.15, 0.2) is 18.2 Å². The highest BCUT2D eigenvalue weighted by Gasteiger charge is 2.31. The van der Waals surface area contributed by atoms with Crippen molar-refractivity contribution in [1.29, 1.82) is 0 Å². The van der Waals surface area contributed by atoms with Gasteiger partial charge in [-0.05, 0) is 31.7 Å². The second kappa shape index (κ2) is 6.66. The highest BCUT2D eigenvalue weighted by Crippen LogP contribution is 2.28. The van der Waals surface area contributed by atoms with Gasteiger partial charge in [0.15, 0.2) is 27.1 Å². The molecule has 1 aliphatic heterocycles. The zero-order chi connectivity index (χ0) is 16.3. The lowest BCUT2D eigenvalue weighted by Crippen LogP contribution is -2.36. The van der Waals surface area contributed by atoms with Crippen LogP contribution in [0.3, 0.4) is 0 Å². The topological polar surface area (TPSA) is 72.9 Å². The molecule has 6 nitrogen and oxygen atoms in total. The van der Waals surface area contributed by atoms with E-state index in [1.165, 1.54) is 14.2 Å². The number of hydrogen-bond acceptors (Lipinski definition) is 6. The van der Waals surface area contributed by atoms with Crippen molar-refractivity contribution in [1.82, 2.24) is 4.90 Å². The number of carbonyl (C=O) groups is 1. The van der Waals surface area contributed by atoms with E-state index in [1.807, 2.05) is 4.90 Å². The van der Waals surface area contributed by atoms with E-state index in [9.17, 15) is 13.2 Å². The molecule has 0 saturated carbocycles. The van der Waals surface area contributed by atoms with Gasteiger partial charge in [0.1, 0.15) is 0 Å². The van der Waals surface area contributed by atoms with Gasteiger partial charge in [0.2, 0.25) is 0 Å². The van der Waals surface area contributed by atoms with E-state index < -0.39 is 9.84 Å². The summed E-state index contributed by atoms with van der Waals surface area (Å²) >= 11 is 0. The van der Waals surface area contributed by atoms with E-state index in [1.54, 1.807) is 25.2 Å². The molecular weight excluding hydrogens is 306 g/mol. The summed E-state index contributed by atoms with van der Waals surface area (Å²) in [4.78, 5) is 14.2. The zero-order valence-electron chi connectivity index (χ0n) is 13.0. The Kier molecular flexibility index (Phi) is 5.08. The van der Waals surface area contributed by atoms with Crippen LogP contribution in [0.2, 0.25) is 0 Å². The summed E-state index contributed by atoms with van der Waals surface area (Å²) in [5.41, 5.74) is 0.519. The lowest BCUT2D eigenvalue weighted by Gasteiger charge is -2.22. The Bertz CT molecular complexity index is 656. The number of carbonyl (C=O) groups excluding carboxylic acids is 1. The molecule has 122 valence electrons. The Morgan fingerprint density at radius 3 is 2.50 bits per heavy atom. The molecule has 1 atom stereocenters. The summed E-state index contributed by atoms with van der Waals surface area (Å²) in [5.74, 6) is 1.32. The summed E-state index contributed by atoms with van der Waals surface area (Å²) in [5, 5.41) is 0. The van der Waals surface area contributed by atoms with Crippen molar-refractivity contribution in [3.63, 3.8) is 0 Å². The molecule has 0 unspecified atom stereocenters. The van der Waals surface area contributed by atoms with Gasteiger partial charge in [-0.1, -0.05) is 0 Å². The third-order valence-electron chi connectivity index (χ3n) is 3.93. The Morgan fingerprint density at radius 1 is 1.27 bits per heavy atom. The number of ether oxygens (including phenoxy) is 2. The smallest absolute Gasteiger partial charge is 0.176 e. The summed E-state index contributed by atoms with van der Waals surface area (Å²) in [6.45, 7) is 0.176. The van der Waals surface area contributed by atoms with Crippen LogP contribution < -0.4 is 9.47 Å². The maximum Gasteiger partial charge on any atom is 0.176 e. The van der Waals surface area contributed by atoms with Gasteiger partial charge in [-0.25, -0.2) is 8.42 Å². The average molecular weight is 327 g/mol. The molecule has 0 aromatic heterocycles. The second-order valence-corrected chi connectivity index (χ2v) is 7.69. The zero-order valence-corrected chi connectivity index (χ0v) is 13.9. The first kappa shape index (κ1) is 16.8. The molecule has 1 aliphatic rings. The summed E-state index contributed by atoms with van der Waals surface area (Å²) in [7, 11) is 1.88. The molecule has 0 bridgehead atoms. The van der Waals surface area contributed by atoms with E-state index in [4.69, 9.17) is 9.47 Å². The van der Waals surface area contributed by atoms with Crippen molar-refractivity contribution < 1.29 is 22.7 Å². The highest BCUT2D eigenvalue weighted by molar-refractivity contribution is 7.91. The first-order chi connectivity index (χ1) is 10.4. The SMILES string of the molecule is COc1ccc(C(=O)CN(C)[C@H]2CCS(=O)(=O)C2)cc1OC. The van der Waals surface area contributed by atoms with Crippen LogP contribution in [0.5, 0.6) is 11.5 Å². The number of ketones is 1. The third kappa shape index (κ3) is 3.78. The molecule has 1 aromatic carbocycles. The number of likely N-dealkylation sites (N-methyl/N-ethyl adjacent to an activating group) is 1. The van der Waals surface area contributed by atoms with Gasteiger partial charge in [-0.15, -0.1) is 0 Å². The minimum absolute atomic E-state index is 0.0762. The highest BCUT2D eigenvalue weighted by atomic mass is 32.2. The normalized spacial score (nSPS) is 20.1. The minimum atomic E-state index is -2.95. The fraction of sp³-hybridized carbons (Fsp3) is 0.533. The lowest BCUT2D eigenvalue weighted by molar-refractivity contribution is 0.0926. The van der Waals surface area contributed by atoms with Crippen molar-refractivity contribution >= 4 is 15.6 Å². The minimum Gasteiger partial charge on any atom is -0.493 e. The van der Waals surface area contributed by atoms with Crippen molar-refractivity contribution in [3.05, 3.63) is 23.8 Å². The number of nitrogens with zero attached hydrogens (tertiary/aromatic N) is 1. The third-order valence-corrected chi connectivity index (χ3v) is 5.68. The van der Waals surface area contributed by atoms with Crippen LogP contribution in [-0.4, -0.2) is 64.5 Å². The molecule has 0 radical (unpaired) electrons. The van der Waals surface area contributed by atoms with Crippen LogP contribution in [-0.2, 0) is 9.84 Å². The maximum absolute atomic E-state index is 12.4. The molecule has 7 heteroatoms. The molecular formula is C15H21NO5S. The van der Waals surface area contributed by atoms with Gasteiger partial charge in [0.25, 0.3) is 0 Å². The van der Waals surface area contributed by atoms with Crippen LogP contribution >= 0.6 is 0 Å². The largest absolute Gasteiger partial charge is 0.493 e. The molecule has 0 amide bonds. The Balaban J connectivity index is 2.06. The summed E-state index contributed by atoms with van der Waals surface area (Å²) < 4.78 is 33.4. The standard InChI is InChI=1S/C15H21NO5S/c1-16(12-6-7-22(18,19)10-12)9-13(17)11-4-5-14(20-2)15(8-11)21-3/h4-5,8,12H,6-7,9-10H2,1-3H3/t12-/m0/s1. The van der Waals surface area contributed by atoms with E-state index in [0.29, 0.717) is 23.5 Å². The lowest BCUT2D eigenvalue weighted by atomic mass is 10.1. The molecule has 1 saturated heterocycles. The second-order valence-electron chi connectivity index (χ2n) is 5.46. The van der Waals surface area contributed by atoms with Gasteiger partial charge in [-0.3, -0.25) is 9.69 Å². The molecule has 0 N–H and O–H groups in total. The Morgan fingerprint density at radius 2 is 1.95 bits per heavy atom. The summed E-state index contributed by atoms with van der Waals surface area (Å²) in [6.07, 6.45) is 0.581. The van der Waals surface area contributed by atoms with Crippen LogP contribution in [0, 0.1) is 0 Å². The molecule has 22 heavy (non-hydrogen) atoms. The fourth-order valence-corrected chi connectivity index (χ4v) is 4.38. The van der Waals surface area contributed by atoms with Gasteiger partial charge >= 0.3 is 0 Å². The van der Waals surface area contributed by atoms with Crippen molar-refractivity contribution in [2.75, 3.05) is 39.3 Å². The van der Waals surface area contributed by atoms with Crippen LogP contribution in [0.1, 0.15) is 16.8 Å². The monoisotopic (exact) mass is 327 g/mol. The van der Waals surface area contributed by atoms with E-state index in [-0.39, 0.29) is 29.9 Å². The Hall–Kier alpha value is -1.60. The molecule has 0 spiro atoms.